The molecule has 5 heteroatoms. The molecule has 0 spiro atoms. The molecule has 0 saturated carbocycles. The average molecular weight is 259 g/mol. The van der Waals surface area contributed by atoms with Crippen LogP contribution < -0.4 is 10.2 Å². The van der Waals surface area contributed by atoms with Crippen molar-refractivity contribution in [3.63, 3.8) is 0 Å². The summed E-state index contributed by atoms with van der Waals surface area (Å²) in [7, 11) is 0. The summed E-state index contributed by atoms with van der Waals surface area (Å²) < 4.78 is 5.75. The van der Waals surface area contributed by atoms with Gasteiger partial charge in [0.1, 0.15) is 5.52 Å². The van der Waals surface area contributed by atoms with Crippen molar-refractivity contribution >= 4 is 23.0 Å². The van der Waals surface area contributed by atoms with Crippen LogP contribution in [0, 0.1) is 0 Å². The number of rotatable bonds is 2. The quantitative estimate of drug-likeness (QED) is 0.895. The highest BCUT2D eigenvalue weighted by Gasteiger charge is 2.22. The standard InChI is InChI=1S/C14H17N3O2/c1-10(18)15-11-6-8-17(9-7-11)14-16-12-4-2-3-5-13(12)19-14/h2-5,11H,6-9H2,1H3,(H,15,18). The van der Waals surface area contributed by atoms with Gasteiger partial charge in [-0.25, -0.2) is 0 Å². The van der Waals surface area contributed by atoms with E-state index in [-0.39, 0.29) is 11.9 Å². The Kier molecular flexibility index (Phi) is 3.11. The summed E-state index contributed by atoms with van der Waals surface area (Å²) in [5, 5.41) is 2.96. The van der Waals surface area contributed by atoms with Crippen LogP contribution in [0.4, 0.5) is 6.01 Å². The summed E-state index contributed by atoms with van der Waals surface area (Å²) in [6.07, 6.45) is 1.86. The molecule has 0 unspecified atom stereocenters. The number of amides is 1. The fourth-order valence-corrected chi connectivity index (χ4v) is 2.50. The van der Waals surface area contributed by atoms with Crippen LogP contribution in [0.5, 0.6) is 0 Å². The molecule has 0 atom stereocenters. The largest absolute Gasteiger partial charge is 0.423 e. The summed E-state index contributed by atoms with van der Waals surface area (Å²) in [5.74, 6) is 0.0420. The zero-order chi connectivity index (χ0) is 13.2. The summed E-state index contributed by atoms with van der Waals surface area (Å²) in [4.78, 5) is 17.7. The van der Waals surface area contributed by atoms with Crippen molar-refractivity contribution < 1.29 is 9.21 Å². The minimum Gasteiger partial charge on any atom is -0.423 e. The van der Waals surface area contributed by atoms with Crippen molar-refractivity contribution in [1.29, 1.82) is 0 Å². The number of nitrogens with one attached hydrogen (secondary N) is 1. The van der Waals surface area contributed by atoms with Gasteiger partial charge in [-0.2, -0.15) is 4.98 Å². The predicted molar refractivity (Wildman–Crippen MR) is 73.1 cm³/mol. The van der Waals surface area contributed by atoms with Gasteiger partial charge in [-0.05, 0) is 25.0 Å². The molecule has 3 rings (SSSR count). The highest BCUT2D eigenvalue weighted by molar-refractivity contribution is 5.74. The summed E-state index contributed by atoms with van der Waals surface area (Å²) >= 11 is 0. The minimum atomic E-state index is 0.0420. The maximum Gasteiger partial charge on any atom is 0.298 e. The molecule has 0 aliphatic carbocycles. The fourth-order valence-electron chi connectivity index (χ4n) is 2.50. The third kappa shape index (κ3) is 2.54. The minimum absolute atomic E-state index is 0.0420. The molecule has 100 valence electrons. The third-order valence-electron chi connectivity index (χ3n) is 3.46. The van der Waals surface area contributed by atoms with Gasteiger partial charge in [-0.3, -0.25) is 4.79 Å². The Hall–Kier alpha value is -2.04. The number of oxazole rings is 1. The summed E-state index contributed by atoms with van der Waals surface area (Å²) in [6.45, 7) is 3.28. The van der Waals surface area contributed by atoms with E-state index >= 15 is 0 Å². The number of benzene rings is 1. The molecule has 1 aromatic carbocycles. The van der Waals surface area contributed by atoms with Gasteiger partial charge in [0.15, 0.2) is 5.58 Å². The molecule has 1 aliphatic heterocycles. The lowest BCUT2D eigenvalue weighted by atomic mass is 10.1. The Morgan fingerprint density at radius 3 is 2.79 bits per heavy atom. The van der Waals surface area contributed by atoms with E-state index in [2.05, 4.69) is 15.2 Å². The highest BCUT2D eigenvalue weighted by Crippen LogP contribution is 2.24. The molecule has 1 N–H and O–H groups in total. The number of carbonyl (C=O) groups excluding carboxylic acids is 1. The van der Waals surface area contributed by atoms with Gasteiger partial charge in [0.2, 0.25) is 5.91 Å². The molecule has 2 heterocycles. The smallest absolute Gasteiger partial charge is 0.298 e. The molecule has 1 amide bonds. The number of piperidine rings is 1. The van der Waals surface area contributed by atoms with E-state index in [9.17, 15) is 4.79 Å². The van der Waals surface area contributed by atoms with Crippen LogP contribution in [0.2, 0.25) is 0 Å². The summed E-state index contributed by atoms with van der Waals surface area (Å²) in [5.41, 5.74) is 1.71. The van der Waals surface area contributed by atoms with Crippen LogP contribution in [-0.4, -0.2) is 30.0 Å². The zero-order valence-electron chi connectivity index (χ0n) is 10.9. The normalized spacial score (nSPS) is 16.8. The van der Waals surface area contributed by atoms with E-state index in [1.54, 1.807) is 6.92 Å². The van der Waals surface area contributed by atoms with E-state index in [1.807, 2.05) is 24.3 Å². The third-order valence-corrected chi connectivity index (χ3v) is 3.46. The van der Waals surface area contributed by atoms with Crippen LogP contribution in [0.15, 0.2) is 28.7 Å². The Balaban J connectivity index is 1.69. The molecular formula is C14H17N3O2. The second-order valence-electron chi connectivity index (χ2n) is 4.93. The van der Waals surface area contributed by atoms with Crippen molar-refractivity contribution in [3.8, 4) is 0 Å². The molecule has 1 saturated heterocycles. The van der Waals surface area contributed by atoms with E-state index < -0.39 is 0 Å². The van der Waals surface area contributed by atoms with E-state index in [0.717, 1.165) is 37.0 Å². The van der Waals surface area contributed by atoms with Gasteiger partial charge in [-0.15, -0.1) is 0 Å². The predicted octanol–water partition coefficient (Wildman–Crippen LogP) is 1.93. The van der Waals surface area contributed by atoms with Crippen molar-refractivity contribution in [2.24, 2.45) is 0 Å². The van der Waals surface area contributed by atoms with Crippen LogP contribution >= 0.6 is 0 Å². The Bertz CT molecular complexity index is 552. The molecule has 1 fully saturated rings. The Labute approximate surface area is 111 Å². The molecule has 1 aliphatic rings. The Morgan fingerprint density at radius 2 is 2.11 bits per heavy atom. The van der Waals surface area contributed by atoms with Gasteiger partial charge in [0.05, 0.1) is 0 Å². The number of carbonyl (C=O) groups is 1. The SMILES string of the molecule is CC(=O)NC1CCN(c2nc3ccccc3o2)CC1. The number of nitrogens with zero attached hydrogens (tertiary/aromatic N) is 2. The van der Waals surface area contributed by atoms with Crippen LogP contribution in [0.3, 0.4) is 0 Å². The first kappa shape index (κ1) is 12.0. The van der Waals surface area contributed by atoms with E-state index in [4.69, 9.17) is 4.42 Å². The van der Waals surface area contributed by atoms with Gasteiger partial charge >= 0.3 is 0 Å². The van der Waals surface area contributed by atoms with Crippen molar-refractivity contribution in [2.75, 3.05) is 18.0 Å². The number of para-hydroxylation sites is 2. The molecule has 19 heavy (non-hydrogen) atoms. The zero-order valence-corrected chi connectivity index (χ0v) is 10.9. The number of fused-ring (bicyclic) bond motifs is 1. The molecule has 2 aromatic rings. The molecule has 0 radical (unpaired) electrons. The maximum atomic E-state index is 11.0. The molecule has 1 aromatic heterocycles. The highest BCUT2D eigenvalue weighted by atomic mass is 16.4. The van der Waals surface area contributed by atoms with Crippen LogP contribution in [0.1, 0.15) is 19.8 Å². The lowest BCUT2D eigenvalue weighted by Crippen LogP contribution is -2.44. The molecular weight excluding hydrogens is 242 g/mol. The van der Waals surface area contributed by atoms with Gasteiger partial charge in [0, 0.05) is 26.1 Å². The second-order valence-corrected chi connectivity index (χ2v) is 4.93. The number of hydrogen-bond donors (Lipinski definition) is 1. The number of aromatic nitrogens is 1. The fraction of sp³-hybridized carbons (Fsp3) is 0.429. The monoisotopic (exact) mass is 259 g/mol. The van der Waals surface area contributed by atoms with Crippen molar-refractivity contribution in [1.82, 2.24) is 10.3 Å². The average Bonchev–Trinajstić information content (AvgIpc) is 2.82. The molecule has 0 bridgehead atoms. The first-order valence-corrected chi connectivity index (χ1v) is 6.60. The lowest BCUT2D eigenvalue weighted by molar-refractivity contribution is -0.119. The van der Waals surface area contributed by atoms with Gasteiger partial charge in [-0.1, -0.05) is 12.1 Å². The van der Waals surface area contributed by atoms with Gasteiger partial charge in [0.25, 0.3) is 6.01 Å². The number of hydrogen-bond acceptors (Lipinski definition) is 4. The van der Waals surface area contributed by atoms with Crippen molar-refractivity contribution in [3.05, 3.63) is 24.3 Å². The van der Waals surface area contributed by atoms with E-state index in [1.165, 1.54) is 0 Å². The van der Waals surface area contributed by atoms with Crippen molar-refractivity contribution in [2.45, 2.75) is 25.8 Å². The first-order chi connectivity index (χ1) is 9.22. The maximum absolute atomic E-state index is 11.0. The first-order valence-electron chi connectivity index (χ1n) is 6.60. The second kappa shape index (κ2) is 4.91. The number of anilines is 1. The topological polar surface area (TPSA) is 58.4 Å². The molecule has 5 nitrogen and oxygen atoms in total. The summed E-state index contributed by atoms with van der Waals surface area (Å²) in [6, 6.07) is 8.74. The Morgan fingerprint density at radius 1 is 1.37 bits per heavy atom. The van der Waals surface area contributed by atoms with Crippen LogP contribution in [0.25, 0.3) is 11.1 Å². The van der Waals surface area contributed by atoms with Crippen LogP contribution in [-0.2, 0) is 4.79 Å². The van der Waals surface area contributed by atoms with Gasteiger partial charge < -0.3 is 14.6 Å². The van der Waals surface area contributed by atoms with E-state index in [0.29, 0.717) is 6.01 Å². The lowest BCUT2D eigenvalue weighted by Gasteiger charge is -2.30.